The number of aryl methyl sites for hydroxylation is 1. The Labute approximate surface area is 229 Å². The lowest BCUT2D eigenvalue weighted by molar-refractivity contribution is -0.137. The van der Waals surface area contributed by atoms with Gasteiger partial charge in [-0.15, -0.1) is 0 Å². The van der Waals surface area contributed by atoms with E-state index >= 15 is 0 Å². The number of hydrogen-bond acceptors (Lipinski definition) is 2. The van der Waals surface area contributed by atoms with Crippen molar-refractivity contribution in [3.05, 3.63) is 111 Å². The zero-order valence-corrected chi connectivity index (χ0v) is 21.6. The molecule has 40 heavy (non-hydrogen) atoms. The summed E-state index contributed by atoms with van der Waals surface area (Å²) in [6.07, 6.45) is -0.816. The maximum absolute atomic E-state index is 13.6. The third kappa shape index (κ3) is 5.71. The number of allylic oxidation sites excluding steroid dienone is 1. The number of aromatic carboxylic acids is 1. The molecule has 3 aromatic carbocycles. The minimum atomic E-state index is -4.47. The second-order valence-corrected chi connectivity index (χ2v) is 10.1. The van der Waals surface area contributed by atoms with Crippen LogP contribution in [-0.2, 0) is 17.4 Å². The van der Waals surface area contributed by atoms with Gasteiger partial charge in [0.05, 0.1) is 24.2 Å². The van der Waals surface area contributed by atoms with Gasteiger partial charge in [-0.3, -0.25) is 9.18 Å². The molecule has 1 amide bonds. The van der Waals surface area contributed by atoms with Crippen molar-refractivity contribution in [2.24, 2.45) is 0 Å². The molecular weight excluding hydrogens is 522 g/mol. The van der Waals surface area contributed by atoms with Gasteiger partial charge in [-0.05, 0) is 88.1 Å². The van der Waals surface area contributed by atoms with Crippen LogP contribution in [0.25, 0.3) is 17.2 Å². The molecule has 8 heteroatoms. The van der Waals surface area contributed by atoms with Gasteiger partial charge in [-0.25, -0.2) is 4.79 Å². The number of nitrogens with zero attached hydrogens (tertiary/aromatic N) is 1. The number of likely N-dealkylation sites (tertiary alicyclic amines) is 1. The molecular formula is C32H27F4NO3. The molecule has 0 aromatic heterocycles. The van der Waals surface area contributed by atoms with Gasteiger partial charge in [0, 0.05) is 13.1 Å². The van der Waals surface area contributed by atoms with Crippen LogP contribution in [0.1, 0.15) is 63.0 Å². The van der Waals surface area contributed by atoms with Crippen LogP contribution in [0.4, 0.5) is 17.6 Å². The van der Waals surface area contributed by atoms with E-state index in [1.165, 1.54) is 18.2 Å². The maximum atomic E-state index is 13.6. The zero-order valence-electron chi connectivity index (χ0n) is 21.6. The first-order valence-corrected chi connectivity index (χ1v) is 13.0. The average Bonchev–Trinajstić information content (AvgIpc) is 3.09. The minimum absolute atomic E-state index is 0.110. The molecule has 5 rings (SSSR count). The van der Waals surface area contributed by atoms with Crippen LogP contribution in [0.2, 0.25) is 0 Å². The normalized spacial score (nSPS) is 15.3. The Hall–Kier alpha value is -4.20. The summed E-state index contributed by atoms with van der Waals surface area (Å²) in [6.45, 7) is 0.254. The van der Waals surface area contributed by atoms with Crippen molar-refractivity contribution < 1.29 is 32.3 Å². The summed E-state index contributed by atoms with van der Waals surface area (Å²) in [5.74, 6) is -1.24. The molecule has 1 fully saturated rings. The van der Waals surface area contributed by atoms with Crippen LogP contribution < -0.4 is 0 Å². The predicted octanol–water partition coefficient (Wildman–Crippen LogP) is 7.28. The first-order chi connectivity index (χ1) is 19.1. The van der Waals surface area contributed by atoms with Crippen molar-refractivity contribution in [1.82, 2.24) is 4.90 Å². The Balaban J connectivity index is 1.56. The first-order valence-electron chi connectivity index (χ1n) is 13.0. The van der Waals surface area contributed by atoms with Gasteiger partial charge in [0.2, 0.25) is 5.91 Å². The Kier molecular flexibility index (Phi) is 7.61. The second-order valence-electron chi connectivity index (χ2n) is 10.1. The molecule has 0 spiro atoms. The van der Waals surface area contributed by atoms with E-state index < -0.39 is 24.4 Å². The van der Waals surface area contributed by atoms with Crippen LogP contribution in [0.3, 0.4) is 0 Å². The van der Waals surface area contributed by atoms with Crippen molar-refractivity contribution in [1.29, 1.82) is 0 Å². The van der Waals surface area contributed by atoms with E-state index in [4.69, 9.17) is 0 Å². The summed E-state index contributed by atoms with van der Waals surface area (Å²) in [6, 6.07) is 17.9. The maximum Gasteiger partial charge on any atom is 0.416 e. The zero-order chi connectivity index (χ0) is 28.4. The fourth-order valence-corrected chi connectivity index (χ4v) is 5.35. The Morgan fingerprint density at radius 1 is 0.925 bits per heavy atom. The average molecular weight is 550 g/mol. The third-order valence-electron chi connectivity index (χ3n) is 7.35. The van der Waals surface area contributed by atoms with Crippen LogP contribution in [0.5, 0.6) is 0 Å². The molecule has 3 aromatic rings. The molecule has 0 bridgehead atoms. The molecule has 0 radical (unpaired) electrons. The van der Waals surface area contributed by atoms with E-state index in [0.29, 0.717) is 37.9 Å². The molecule has 206 valence electrons. The molecule has 1 aliphatic carbocycles. The van der Waals surface area contributed by atoms with Crippen LogP contribution in [0.15, 0.2) is 72.3 Å². The highest BCUT2D eigenvalue weighted by Crippen LogP contribution is 2.41. The molecule has 4 nitrogen and oxygen atoms in total. The Morgan fingerprint density at radius 2 is 1.68 bits per heavy atom. The fraction of sp³-hybridized carbons (Fsp3) is 0.250. The number of carboxylic acid groups (broad SMARTS) is 1. The molecule has 0 saturated carbocycles. The van der Waals surface area contributed by atoms with Gasteiger partial charge in [-0.1, -0.05) is 48.5 Å². The van der Waals surface area contributed by atoms with E-state index in [1.54, 1.807) is 23.1 Å². The molecule has 1 N–H and O–H groups in total. The molecule has 1 heterocycles. The van der Waals surface area contributed by atoms with Gasteiger partial charge in [0.15, 0.2) is 0 Å². The summed E-state index contributed by atoms with van der Waals surface area (Å²) in [5, 5.41) is 9.52. The summed E-state index contributed by atoms with van der Waals surface area (Å²) in [7, 11) is 0. The van der Waals surface area contributed by atoms with Crippen molar-refractivity contribution in [3.63, 3.8) is 0 Å². The number of alkyl halides is 4. The summed E-state index contributed by atoms with van der Waals surface area (Å²) in [4.78, 5) is 25.0. The number of carboxylic acids is 1. The highest BCUT2D eigenvalue weighted by atomic mass is 19.4. The second kappa shape index (κ2) is 11.1. The topological polar surface area (TPSA) is 57.6 Å². The van der Waals surface area contributed by atoms with Gasteiger partial charge in [0.1, 0.15) is 0 Å². The number of fused-ring (bicyclic) bond motifs is 1. The van der Waals surface area contributed by atoms with Gasteiger partial charge in [0.25, 0.3) is 0 Å². The monoisotopic (exact) mass is 549 g/mol. The highest BCUT2D eigenvalue weighted by molar-refractivity contribution is 6.01. The number of hydrogen-bond donors (Lipinski definition) is 1. The van der Waals surface area contributed by atoms with Gasteiger partial charge >= 0.3 is 12.1 Å². The summed E-state index contributed by atoms with van der Waals surface area (Å²) in [5.41, 5.74) is 5.92. The number of carbonyl (C=O) groups excluding carboxylic acids is 1. The number of halogens is 4. The van der Waals surface area contributed by atoms with E-state index in [1.807, 2.05) is 30.3 Å². The van der Waals surface area contributed by atoms with Crippen LogP contribution in [0, 0.1) is 0 Å². The Bertz CT molecular complexity index is 1510. The highest BCUT2D eigenvalue weighted by Gasteiger charge is 2.31. The van der Waals surface area contributed by atoms with Gasteiger partial charge in [-0.2, -0.15) is 13.2 Å². The fourth-order valence-electron chi connectivity index (χ4n) is 5.35. The lowest BCUT2D eigenvalue weighted by Gasteiger charge is -2.34. The molecule has 1 saturated heterocycles. The standard InChI is InChI=1S/C32H27F4NO3/c33-14-13-29(38)37-18-21(19-37)15-20-7-9-22(10-8-20)30-27(24-3-1-5-26(17-24)32(34,35)36)6-2-4-23-16-25(31(39)40)11-12-28(23)30/h1,3,5,7-12,15-17H,2,4,6,13-14,18-19H2,(H,39,40). The molecule has 2 aliphatic rings. The van der Waals surface area contributed by atoms with E-state index in [2.05, 4.69) is 0 Å². The minimum Gasteiger partial charge on any atom is -0.478 e. The lowest BCUT2D eigenvalue weighted by Crippen LogP contribution is -2.44. The number of rotatable bonds is 6. The largest absolute Gasteiger partial charge is 0.478 e. The van der Waals surface area contributed by atoms with Crippen LogP contribution >= 0.6 is 0 Å². The van der Waals surface area contributed by atoms with E-state index in [9.17, 15) is 32.3 Å². The van der Waals surface area contributed by atoms with Crippen molar-refractivity contribution in [2.75, 3.05) is 19.8 Å². The van der Waals surface area contributed by atoms with Crippen molar-refractivity contribution >= 4 is 29.1 Å². The summed E-state index contributed by atoms with van der Waals surface area (Å²) >= 11 is 0. The quantitative estimate of drug-likeness (QED) is 0.329. The van der Waals surface area contributed by atoms with E-state index in [-0.39, 0.29) is 17.9 Å². The SMILES string of the molecule is O=C(O)c1ccc2c(c1)CCCC(c1cccc(C(F)(F)F)c1)=C2c1ccc(C=C2CN(C(=O)CCF)C2)cc1. The van der Waals surface area contributed by atoms with Crippen molar-refractivity contribution in [3.8, 4) is 0 Å². The van der Waals surface area contributed by atoms with Gasteiger partial charge < -0.3 is 10.0 Å². The van der Waals surface area contributed by atoms with Crippen molar-refractivity contribution in [2.45, 2.75) is 31.9 Å². The molecule has 0 unspecified atom stereocenters. The predicted molar refractivity (Wildman–Crippen MR) is 145 cm³/mol. The number of carbonyl (C=O) groups is 2. The molecule has 0 atom stereocenters. The molecule has 1 aliphatic heterocycles. The number of benzene rings is 3. The van der Waals surface area contributed by atoms with Crippen LogP contribution in [-0.4, -0.2) is 41.6 Å². The lowest BCUT2D eigenvalue weighted by atomic mass is 9.86. The Morgan fingerprint density at radius 3 is 2.35 bits per heavy atom. The first kappa shape index (κ1) is 27.4. The third-order valence-corrected chi connectivity index (χ3v) is 7.35. The summed E-state index contributed by atoms with van der Waals surface area (Å²) < 4.78 is 53.1. The van der Waals surface area contributed by atoms with E-state index in [0.717, 1.165) is 45.0 Å². The number of amides is 1. The smallest absolute Gasteiger partial charge is 0.416 e.